The fourth-order valence-corrected chi connectivity index (χ4v) is 4.45. The number of methoxy groups -OCH3 is 1. The molecule has 2 heterocycles. The van der Waals surface area contributed by atoms with E-state index in [0.717, 1.165) is 95.6 Å². The molecular weight excluding hydrogens is 519 g/mol. The van der Waals surface area contributed by atoms with Crippen molar-refractivity contribution in [2.75, 3.05) is 70.9 Å². The lowest BCUT2D eigenvalue weighted by Crippen LogP contribution is -2.52. The van der Waals surface area contributed by atoms with E-state index in [1.54, 1.807) is 7.11 Å². The molecule has 32 heavy (non-hydrogen) atoms. The van der Waals surface area contributed by atoms with Crippen molar-refractivity contribution in [3.63, 3.8) is 0 Å². The van der Waals surface area contributed by atoms with Crippen LogP contribution in [0.1, 0.15) is 26.2 Å². The Morgan fingerprint density at radius 3 is 2.66 bits per heavy atom. The molecule has 180 valence electrons. The van der Waals surface area contributed by atoms with Crippen molar-refractivity contribution in [3.05, 3.63) is 24.3 Å². The molecular formula is C23H39IN6O2. The van der Waals surface area contributed by atoms with E-state index in [2.05, 4.69) is 39.1 Å². The Kier molecular flexibility index (Phi) is 11.4. The molecule has 1 atom stereocenters. The molecule has 9 heteroatoms. The van der Waals surface area contributed by atoms with Crippen molar-refractivity contribution in [1.82, 2.24) is 15.1 Å². The molecule has 1 aromatic carbocycles. The molecule has 0 bridgehead atoms. The second-order valence-corrected chi connectivity index (χ2v) is 8.28. The third kappa shape index (κ3) is 7.40. The number of nitrogens with one attached hydrogen (secondary N) is 1. The first-order valence-corrected chi connectivity index (χ1v) is 11.5. The molecule has 2 aliphatic heterocycles. The Hall–Kier alpha value is -1.75. The van der Waals surface area contributed by atoms with Crippen LogP contribution in [0.15, 0.2) is 29.3 Å². The average Bonchev–Trinajstić information content (AvgIpc) is 2.81. The van der Waals surface area contributed by atoms with Gasteiger partial charge in [0.25, 0.3) is 0 Å². The number of hydrogen-bond donors (Lipinski definition) is 2. The van der Waals surface area contributed by atoms with E-state index < -0.39 is 0 Å². The van der Waals surface area contributed by atoms with Crippen LogP contribution in [0.4, 0.5) is 5.69 Å². The zero-order chi connectivity index (χ0) is 22.1. The van der Waals surface area contributed by atoms with Crippen LogP contribution in [0, 0.1) is 5.92 Å². The monoisotopic (exact) mass is 558 g/mol. The lowest BCUT2D eigenvalue weighted by atomic mass is 9.97. The number of hydrogen-bond acceptors (Lipinski definition) is 5. The number of nitrogens with two attached hydrogens (primary N) is 1. The summed E-state index contributed by atoms with van der Waals surface area (Å²) in [5.41, 5.74) is 6.65. The maximum atomic E-state index is 11.5. The van der Waals surface area contributed by atoms with Gasteiger partial charge in [0.2, 0.25) is 5.91 Å². The van der Waals surface area contributed by atoms with Crippen LogP contribution in [-0.2, 0) is 4.79 Å². The number of para-hydroxylation sites is 2. The van der Waals surface area contributed by atoms with Gasteiger partial charge in [-0.25, -0.2) is 0 Å². The minimum absolute atomic E-state index is 0. The number of likely N-dealkylation sites (tertiary alicyclic amines) is 1. The van der Waals surface area contributed by atoms with Gasteiger partial charge in [-0.05, 0) is 51.4 Å². The smallest absolute Gasteiger partial charge is 0.221 e. The summed E-state index contributed by atoms with van der Waals surface area (Å²) in [4.78, 5) is 23.4. The van der Waals surface area contributed by atoms with Crippen molar-refractivity contribution >= 4 is 41.5 Å². The standard InChI is InChI=1S/C23H38N6O2.HI/c1-3-25-23(26-11-7-13-27-12-6-8-19(18-27)22(24)30)29-16-14-28(15-17-29)20-9-4-5-10-21(20)31-2;/h4-5,9-10,19H,3,6-8,11-18H2,1-2H3,(H2,24,30)(H,25,26);1H. The van der Waals surface area contributed by atoms with Crippen molar-refractivity contribution in [2.45, 2.75) is 26.2 Å². The number of carbonyl (C=O) groups is 1. The molecule has 1 amide bonds. The second-order valence-electron chi connectivity index (χ2n) is 8.28. The molecule has 2 aliphatic rings. The SMILES string of the molecule is CCNC(=NCCCN1CCCC(C(N)=O)C1)N1CCN(c2ccccc2OC)CC1.I. The second kappa shape index (κ2) is 13.7. The van der Waals surface area contributed by atoms with Crippen LogP contribution in [0.3, 0.4) is 0 Å². The first kappa shape index (κ1) is 26.5. The van der Waals surface area contributed by atoms with E-state index in [1.165, 1.54) is 0 Å². The van der Waals surface area contributed by atoms with Crippen LogP contribution in [0.2, 0.25) is 0 Å². The van der Waals surface area contributed by atoms with E-state index in [-0.39, 0.29) is 35.8 Å². The summed E-state index contributed by atoms with van der Waals surface area (Å²) in [5.74, 6) is 1.77. The molecule has 0 saturated carbocycles. The van der Waals surface area contributed by atoms with Gasteiger partial charge in [0.15, 0.2) is 5.96 Å². The molecule has 1 aromatic rings. The van der Waals surface area contributed by atoms with Crippen molar-refractivity contribution in [2.24, 2.45) is 16.6 Å². The predicted molar refractivity (Wildman–Crippen MR) is 141 cm³/mol. The van der Waals surface area contributed by atoms with E-state index >= 15 is 0 Å². The summed E-state index contributed by atoms with van der Waals surface area (Å²) in [6.07, 6.45) is 2.97. The summed E-state index contributed by atoms with van der Waals surface area (Å²) < 4.78 is 5.53. The van der Waals surface area contributed by atoms with Gasteiger partial charge in [0, 0.05) is 45.8 Å². The first-order chi connectivity index (χ1) is 15.1. The Morgan fingerprint density at radius 1 is 1.22 bits per heavy atom. The average molecular weight is 559 g/mol. The molecule has 0 aliphatic carbocycles. The van der Waals surface area contributed by atoms with Gasteiger partial charge in [0.05, 0.1) is 18.7 Å². The van der Waals surface area contributed by atoms with Gasteiger partial charge < -0.3 is 30.5 Å². The molecule has 0 spiro atoms. The number of primary amides is 1. The number of carbonyl (C=O) groups excluding carboxylic acids is 1. The van der Waals surface area contributed by atoms with Crippen molar-refractivity contribution in [3.8, 4) is 5.75 Å². The van der Waals surface area contributed by atoms with Gasteiger partial charge in [-0.3, -0.25) is 9.79 Å². The normalized spacial score (nSPS) is 19.9. The first-order valence-electron chi connectivity index (χ1n) is 11.5. The minimum atomic E-state index is -0.163. The number of halogens is 1. The molecule has 8 nitrogen and oxygen atoms in total. The van der Waals surface area contributed by atoms with E-state index in [4.69, 9.17) is 15.5 Å². The highest BCUT2D eigenvalue weighted by Gasteiger charge is 2.24. The highest BCUT2D eigenvalue weighted by atomic mass is 127. The quantitative estimate of drug-likeness (QED) is 0.220. The van der Waals surface area contributed by atoms with E-state index in [0.29, 0.717) is 0 Å². The Labute approximate surface area is 209 Å². The molecule has 2 saturated heterocycles. The highest BCUT2D eigenvalue weighted by Crippen LogP contribution is 2.28. The van der Waals surface area contributed by atoms with Crippen LogP contribution in [0.5, 0.6) is 5.75 Å². The topological polar surface area (TPSA) is 86.4 Å². The summed E-state index contributed by atoms with van der Waals surface area (Å²) in [7, 11) is 1.73. The lowest BCUT2D eigenvalue weighted by molar-refractivity contribution is -0.123. The van der Waals surface area contributed by atoms with Gasteiger partial charge in [-0.1, -0.05) is 12.1 Å². The number of piperidine rings is 1. The van der Waals surface area contributed by atoms with Gasteiger partial charge >= 0.3 is 0 Å². The maximum Gasteiger partial charge on any atom is 0.221 e. The van der Waals surface area contributed by atoms with Crippen LogP contribution < -0.4 is 20.7 Å². The summed E-state index contributed by atoms with van der Waals surface area (Å²) in [5, 5.41) is 3.45. The maximum absolute atomic E-state index is 11.5. The number of benzene rings is 1. The number of nitrogens with zero attached hydrogens (tertiary/aromatic N) is 4. The number of piperazine rings is 1. The largest absolute Gasteiger partial charge is 0.495 e. The number of guanidine groups is 1. The third-order valence-electron chi connectivity index (χ3n) is 6.14. The van der Waals surface area contributed by atoms with E-state index in [9.17, 15) is 4.79 Å². The summed E-state index contributed by atoms with van der Waals surface area (Å²) >= 11 is 0. The number of rotatable bonds is 8. The minimum Gasteiger partial charge on any atom is -0.495 e. The van der Waals surface area contributed by atoms with Gasteiger partial charge in [0.1, 0.15) is 5.75 Å². The molecule has 2 fully saturated rings. The number of amides is 1. The van der Waals surface area contributed by atoms with Gasteiger partial charge in [-0.2, -0.15) is 0 Å². The lowest BCUT2D eigenvalue weighted by Gasteiger charge is -2.38. The number of aliphatic imine (C=N–C) groups is 1. The van der Waals surface area contributed by atoms with Crippen LogP contribution in [0.25, 0.3) is 0 Å². The Bertz CT molecular complexity index is 739. The van der Waals surface area contributed by atoms with Gasteiger partial charge in [-0.15, -0.1) is 24.0 Å². The third-order valence-corrected chi connectivity index (χ3v) is 6.14. The van der Waals surface area contributed by atoms with Crippen LogP contribution >= 0.6 is 24.0 Å². The number of anilines is 1. The zero-order valence-corrected chi connectivity index (χ0v) is 21.8. The Morgan fingerprint density at radius 2 is 1.97 bits per heavy atom. The number of ether oxygens (including phenoxy) is 1. The summed E-state index contributed by atoms with van der Waals surface area (Å²) in [6.45, 7) is 10.3. The molecule has 0 radical (unpaired) electrons. The summed E-state index contributed by atoms with van der Waals surface area (Å²) in [6, 6.07) is 8.20. The van der Waals surface area contributed by atoms with Crippen LogP contribution in [-0.4, -0.2) is 87.7 Å². The molecule has 3 N–H and O–H groups in total. The van der Waals surface area contributed by atoms with Crippen molar-refractivity contribution < 1.29 is 9.53 Å². The molecule has 0 aromatic heterocycles. The van der Waals surface area contributed by atoms with E-state index in [1.807, 2.05) is 12.1 Å². The molecule has 3 rings (SSSR count). The molecule has 1 unspecified atom stereocenters. The highest BCUT2D eigenvalue weighted by molar-refractivity contribution is 14.0. The fraction of sp³-hybridized carbons (Fsp3) is 0.652. The fourth-order valence-electron chi connectivity index (χ4n) is 4.45. The zero-order valence-electron chi connectivity index (χ0n) is 19.5. The van der Waals surface area contributed by atoms with Crippen molar-refractivity contribution in [1.29, 1.82) is 0 Å². The predicted octanol–water partition coefficient (Wildman–Crippen LogP) is 1.99. The Balaban J connectivity index is 0.00000363.